The summed E-state index contributed by atoms with van der Waals surface area (Å²) in [5.74, 6) is -0.458. The van der Waals surface area contributed by atoms with E-state index in [-0.39, 0.29) is 23.0 Å². The summed E-state index contributed by atoms with van der Waals surface area (Å²) in [6.45, 7) is 0.318. The molecule has 3 aromatic carbocycles. The lowest BCUT2D eigenvalue weighted by Crippen LogP contribution is -2.26. The van der Waals surface area contributed by atoms with Crippen molar-refractivity contribution in [2.75, 3.05) is 18.5 Å². The third kappa shape index (κ3) is 6.47. The maximum atomic E-state index is 13.0. The molecule has 0 spiro atoms. The number of amides is 1. The summed E-state index contributed by atoms with van der Waals surface area (Å²) in [6.07, 6.45) is 1.35. The van der Waals surface area contributed by atoms with E-state index >= 15 is 0 Å². The van der Waals surface area contributed by atoms with Crippen LogP contribution in [0.2, 0.25) is 0 Å². The molecular formula is C24H25FN2O3S. The molecule has 7 heteroatoms. The zero-order valence-corrected chi connectivity index (χ0v) is 18.1. The van der Waals surface area contributed by atoms with Gasteiger partial charge in [-0.05, 0) is 60.4 Å². The third-order valence-corrected chi connectivity index (χ3v) is 6.47. The Morgan fingerprint density at radius 1 is 0.871 bits per heavy atom. The number of halogens is 1. The molecule has 0 aliphatic carbocycles. The van der Waals surface area contributed by atoms with E-state index in [1.807, 2.05) is 30.3 Å². The Kier molecular flexibility index (Phi) is 7.55. The van der Waals surface area contributed by atoms with Gasteiger partial charge >= 0.3 is 0 Å². The second-order valence-corrected chi connectivity index (χ2v) is 8.97. The zero-order valence-electron chi connectivity index (χ0n) is 17.3. The molecule has 0 atom stereocenters. The fraction of sp³-hybridized carbons (Fsp3) is 0.208. The molecular weight excluding hydrogens is 415 g/mol. The highest BCUT2D eigenvalue weighted by Crippen LogP contribution is 2.16. The Bertz CT molecular complexity index is 1100. The quantitative estimate of drug-likeness (QED) is 0.548. The molecule has 31 heavy (non-hydrogen) atoms. The van der Waals surface area contributed by atoms with Gasteiger partial charge in [0.2, 0.25) is 15.9 Å². The van der Waals surface area contributed by atoms with E-state index < -0.39 is 10.0 Å². The average molecular weight is 441 g/mol. The molecule has 0 aliphatic rings. The number of nitrogens with zero attached hydrogens (tertiary/aromatic N) is 1. The molecule has 162 valence electrons. The van der Waals surface area contributed by atoms with Gasteiger partial charge in [-0.2, -0.15) is 0 Å². The number of hydrogen-bond donors (Lipinski definition) is 1. The Morgan fingerprint density at radius 2 is 1.48 bits per heavy atom. The fourth-order valence-electron chi connectivity index (χ4n) is 3.12. The highest BCUT2D eigenvalue weighted by molar-refractivity contribution is 7.89. The summed E-state index contributed by atoms with van der Waals surface area (Å²) >= 11 is 0. The van der Waals surface area contributed by atoms with Gasteiger partial charge in [0.15, 0.2) is 0 Å². The maximum absolute atomic E-state index is 13.0. The van der Waals surface area contributed by atoms with Crippen molar-refractivity contribution in [2.45, 2.75) is 24.2 Å². The van der Waals surface area contributed by atoms with Crippen LogP contribution in [0.3, 0.4) is 0 Å². The molecule has 3 aromatic rings. The van der Waals surface area contributed by atoms with Gasteiger partial charge in [-0.15, -0.1) is 0 Å². The first-order valence-corrected chi connectivity index (χ1v) is 11.5. The topological polar surface area (TPSA) is 66.5 Å². The summed E-state index contributed by atoms with van der Waals surface area (Å²) in [4.78, 5) is 14.1. The van der Waals surface area contributed by atoms with Gasteiger partial charge in [-0.25, -0.2) is 17.5 Å². The molecule has 0 saturated heterocycles. The standard InChI is InChI=1S/C24H25FN2O3S/c1-27(22-12-10-21(25)11-13-22)24(28)16-9-20-7-14-23(15-8-20)31(29,30)26-18-17-19-5-3-2-4-6-19/h2-8,10-15,26H,9,16-18H2,1H3. The second kappa shape index (κ2) is 10.3. The number of anilines is 1. The predicted octanol–water partition coefficient (Wildman–Crippen LogP) is 3.94. The predicted molar refractivity (Wildman–Crippen MR) is 120 cm³/mol. The van der Waals surface area contributed by atoms with E-state index in [2.05, 4.69) is 4.72 Å². The van der Waals surface area contributed by atoms with Crippen molar-refractivity contribution in [2.24, 2.45) is 0 Å². The lowest BCUT2D eigenvalue weighted by molar-refractivity contribution is -0.118. The van der Waals surface area contributed by atoms with Crippen LogP contribution in [0.5, 0.6) is 0 Å². The minimum absolute atomic E-state index is 0.106. The van der Waals surface area contributed by atoms with Gasteiger partial charge < -0.3 is 4.90 Å². The van der Waals surface area contributed by atoms with E-state index in [4.69, 9.17) is 0 Å². The Labute approximate surface area is 182 Å². The van der Waals surface area contributed by atoms with E-state index in [9.17, 15) is 17.6 Å². The SMILES string of the molecule is CN(C(=O)CCc1ccc(S(=O)(=O)NCCc2ccccc2)cc1)c1ccc(F)cc1. The number of rotatable bonds is 9. The number of hydrogen-bond acceptors (Lipinski definition) is 3. The van der Waals surface area contributed by atoms with Gasteiger partial charge in [0, 0.05) is 25.7 Å². The zero-order chi connectivity index (χ0) is 22.3. The van der Waals surface area contributed by atoms with Gasteiger partial charge in [0.05, 0.1) is 4.90 Å². The number of carbonyl (C=O) groups is 1. The monoisotopic (exact) mass is 440 g/mol. The van der Waals surface area contributed by atoms with E-state index in [1.165, 1.54) is 17.0 Å². The van der Waals surface area contributed by atoms with Crippen LogP contribution in [-0.2, 0) is 27.7 Å². The fourth-order valence-corrected chi connectivity index (χ4v) is 4.15. The van der Waals surface area contributed by atoms with Crippen molar-refractivity contribution in [1.29, 1.82) is 0 Å². The molecule has 0 unspecified atom stereocenters. The lowest BCUT2D eigenvalue weighted by atomic mass is 10.1. The molecule has 0 bridgehead atoms. The van der Waals surface area contributed by atoms with E-state index in [0.29, 0.717) is 25.1 Å². The van der Waals surface area contributed by atoms with Crippen molar-refractivity contribution < 1.29 is 17.6 Å². The highest BCUT2D eigenvalue weighted by Gasteiger charge is 2.14. The minimum Gasteiger partial charge on any atom is -0.315 e. The first kappa shape index (κ1) is 22.7. The van der Waals surface area contributed by atoms with Crippen molar-refractivity contribution in [1.82, 2.24) is 4.72 Å². The first-order chi connectivity index (χ1) is 14.8. The van der Waals surface area contributed by atoms with Gasteiger partial charge in [-0.3, -0.25) is 4.79 Å². The largest absolute Gasteiger partial charge is 0.315 e. The van der Waals surface area contributed by atoms with E-state index in [0.717, 1.165) is 11.1 Å². The molecule has 5 nitrogen and oxygen atoms in total. The molecule has 0 radical (unpaired) electrons. The maximum Gasteiger partial charge on any atom is 0.240 e. The van der Waals surface area contributed by atoms with Crippen molar-refractivity contribution >= 4 is 21.6 Å². The van der Waals surface area contributed by atoms with Gasteiger partial charge in [0.25, 0.3) is 0 Å². The Hall–Kier alpha value is -3.03. The van der Waals surface area contributed by atoms with Crippen molar-refractivity contribution in [3.63, 3.8) is 0 Å². The van der Waals surface area contributed by atoms with Crippen LogP contribution in [0.15, 0.2) is 83.8 Å². The Balaban J connectivity index is 1.51. The van der Waals surface area contributed by atoms with E-state index in [1.54, 1.807) is 43.4 Å². The summed E-state index contributed by atoms with van der Waals surface area (Å²) in [5.41, 5.74) is 2.55. The number of carbonyl (C=O) groups excluding carboxylic acids is 1. The van der Waals surface area contributed by atoms with Crippen molar-refractivity contribution in [3.05, 3.63) is 95.8 Å². The minimum atomic E-state index is -3.59. The number of sulfonamides is 1. The molecule has 0 heterocycles. The smallest absolute Gasteiger partial charge is 0.240 e. The van der Waals surface area contributed by atoms with Gasteiger partial charge in [0.1, 0.15) is 5.82 Å². The molecule has 0 aliphatic heterocycles. The number of nitrogens with one attached hydrogen (secondary N) is 1. The lowest BCUT2D eigenvalue weighted by Gasteiger charge is -2.17. The molecule has 1 amide bonds. The third-order valence-electron chi connectivity index (χ3n) is 5.00. The van der Waals surface area contributed by atoms with Crippen LogP contribution < -0.4 is 9.62 Å². The molecule has 3 rings (SSSR count). The van der Waals surface area contributed by atoms with Crippen LogP contribution >= 0.6 is 0 Å². The molecule has 1 N–H and O–H groups in total. The summed E-state index contributed by atoms with van der Waals surface area (Å²) in [7, 11) is -1.94. The average Bonchev–Trinajstić information content (AvgIpc) is 2.78. The molecule has 0 fully saturated rings. The number of aryl methyl sites for hydroxylation is 1. The van der Waals surface area contributed by atoms with Crippen molar-refractivity contribution in [3.8, 4) is 0 Å². The summed E-state index contributed by atoms with van der Waals surface area (Å²) in [6, 6.07) is 21.9. The highest BCUT2D eigenvalue weighted by atomic mass is 32.2. The summed E-state index contributed by atoms with van der Waals surface area (Å²) in [5, 5.41) is 0. The van der Waals surface area contributed by atoms with Crippen LogP contribution in [0, 0.1) is 5.82 Å². The van der Waals surface area contributed by atoms with Gasteiger partial charge in [-0.1, -0.05) is 42.5 Å². The normalized spacial score (nSPS) is 11.3. The summed E-state index contributed by atoms with van der Waals surface area (Å²) < 4.78 is 40.6. The first-order valence-electron chi connectivity index (χ1n) is 10.00. The second-order valence-electron chi connectivity index (χ2n) is 7.21. The number of benzene rings is 3. The van der Waals surface area contributed by atoms with Crippen LogP contribution in [-0.4, -0.2) is 27.9 Å². The Morgan fingerprint density at radius 3 is 2.13 bits per heavy atom. The molecule has 0 saturated carbocycles. The van der Waals surface area contributed by atoms with Crippen LogP contribution in [0.25, 0.3) is 0 Å². The van der Waals surface area contributed by atoms with Crippen LogP contribution in [0.4, 0.5) is 10.1 Å². The molecule has 0 aromatic heterocycles. The van der Waals surface area contributed by atoms with Crippen LogP contribution in [0.1, 0.15) is 17.5 Å².